The van der Waals surface area contributed by atoms with Gasteiger partial charge in [0.25, 0.3) is 0 Å². The zero-order valence-electron chi connectivity index (χ0n) is 8.61. The molecule has 2 aromatic carbocycles. The van der Waals surface area contributed by atoms with Gasteiger partial charge in [0.05, 0.1) is 0 Å². The summed E-state index contributed by atoms with van der Waals surface area (Å²) >= 11 is -1.91. The van der Waals surface area contributed by atoms with Crippen molar-refractivity contribution in [2.45, 2.75) is 5.25 Å². The molecule has 82 valence electrons. The van der Waals surface area contributed by atoms with Gasteiger partial charge in [0.2, 0.25) is 0 Å². The van der Waals surface area contributed by atoms with Crippen LogP contribution in [0.2, 0.25) is 0 Å². The maximum absolute atomic E-state index is 11.4. The van der Waals surface area contributed by atoms with Gasteiger partial charge in [0, 0.05) is 0 Å². The van der Waals surface area contributed by atoms with Crippen LogP contribution in [0.1, 0.15) is 16.4 Å². The van der Waals surface area contributed by atoms with Crippen molar-refractivity contribution in [3.8, 4) is 0 Å². The minimum atomic E-state index is -1.91. The average Bonchev–Trinajstić information content (AvgIpc) is 2.31. The van der Waals surface area contributed by atoms with Crippen LogP contribution in [0.4, 0.5) is 0 Å². The molecule has 0 aliphatic carbocycles. The predicted octanol–water partition coefficient (Wildman–Crippen LogP) is 3.00. The summed E-state index contributed by atoms with van der Waals surface area (Å²) in [5.74, 6) is 0. The Labute approximate surface area is 97.2 Å². The molecule has 0 bridgehead atoms. The highest BCUT2D eigenvalue weighted by molar-refractivity contribution is 7.79. The van der Waals surface area contributed by atoms with E-state index in [4.69, 9.17) is 0 Å². The van der Waals surface area contributed by atoms with Crippen molar-refractivity contribution in [1.82, 2.24) is 0 Å². The third-order valence-electron chi connectivity index (χ3n) is 2.41. The molecule has 16 heavy (non-hydrogen) atoms. The monoisotopic (exact) mass is 232 g/mol. The first-order valence-corrected chi connectivity index (χ1v) is 6.15. The van der Waals surface area contributed by atoms with Crippen molar-refractivity contribution in [3.63, 3.8) is 0 Å². The summed E-state index contributed by atoms with van der Waals surface area (Å²) in [6.45, 7) is 0. The van der Waals surface area contributed by atoms with Crippen molar-refractivity contribution >= 4 is 11.1 Å². The highest BCUT2D eigenvalue weighted by Crippen LogP contribution is 2.26. The second-order valence-electron chi connectivity index (χ2n) is 3.48. The van der Waals surface area contributed by atoms with Crippen molar-refractivity contribution in [2.24, 2.45) is 0 Å². The smallest absolute Gasteiger partial charge is 0.165 e. The van der Waals surface area contributed by atoms with Gasteiger partial charge in [0.15, 0.2) is 11.1 Å². The van der Waals surface area contributed by atoms with Crippen LogP contribution in [-0.2, 0) is 11.1 Å². The van der Waals surface area contributed by atoms with E-state index in [2.05, 4.69) is 0 Å². The molecule has 1 atom stereocenters. The maximum atomic E-state index is 11.4. The fourth-order valence-corrected chi connectivity index (χ4v) is 2.46. The van der Waals surface area contributed by atoms with E-state index < -0.39 is 16.3 Å². The van der Waals surface area contributed by atoms with Gasteiger partial charge in [-0.2, -0.15) is 0 Å². The maximum Gasteiger partial charge on any atom is 0.165 e. The van der Waals surface area contributed by atoms with Gasteiger partial charge in [-0.05, 0) is 11.1 Å². The van der Waals surface area contributed by atoms with Gasteiger partial charge in [-0.1, -0.05) is 60.7 Å². The van der Waals surface area contributed by atoms with Crippen LogP contribution in [-0.4, -0.2) is 8.76 Å². The minimum Gasteiger partial charge on any atom is -0.305 e. The molecule has 0 amide bonds. The highest BCUT2D eigenvalue weighted by Gasteiger charge is 2.19. The predicted molar refractivity (Wildman–Crippen MR) is 65.5 cm³/mol. The standard InChI is InChI=1S/C13H12O2S/c14-16(15)13(11-7-3-1-4-8-11)12-9-5-2-6-10-12/h1-10,13H,(H,14,15). The second-order valence-corrected chi connectivity index (χ2v) is 4.50. The third kappa shape index (κ3) is 2.38. The molecule has 0 aromatic heterocycles. The van der Waals surface area contributed by atoms with Crippen molar-refractivity contribution < 1.29 is 8.76 Å². The number of hydrogen-bond donors (Lipinski definition) is 1. The molecule has 1 unspecified atom stereocenters. The van der Waals surface area contributed by atoms with E-state index in [1.165, 1.54) is 0 Å². The summed E-state index contributed by atoms with van der Waals surface area (Å²) < 4.78 is 20.8. The first kappa shape index (κ1) is 11.0. The quantitative estimate of drug-likeness (QED) is 0.826. The van der Waals surface area contributed by atoms with Crippen LogP contribution in [0.25, 0.3) is 0 Å². The second kappa shape index (κ2) is 5.05. The summed E-state index contributed by atoms with van der Waals surface area (Å²) in [6.07, 6.45) is 0. The van der Waals surface area contributed by atoms with Crippen molar-refractivity contribution in [1.29, 1.82) is 0 Å². The molecular formula is C13H12O2S. The molecule has 0 aliphatic heterocycles. The topological polar surface area (TPSA) is 37.3 Å². The summed E-state index contributed by atoms with van der Waals surface area (Å²) in [7, 11) is 0. The molecule has 3 heteroatoms. The minimum absolute atomic E-state index is 0.470. The van der Waals surface area contributed by atoms with E-state index in [9.17, 15) is 8.76 Å². The largest absolute Gasteiger partial charge is 0.305 e. The van der Waals surface area contributed by atoms with E-state index in [0.717, 1.165) is 11.1 Å². The van der Waals surface area contributed by atoms with E-state index >= 15 is 0 Å². The molecule has 1 N–H and O–H groups in total. The molecule has 0 radical (unpaired) electrons. The molecule has 0 aliphatic rings. The highest BCUT2D eigenvalue weighted by atomic mass is 32.2. The molecule has 0 saturated heterocycles. The molecule has 0 fully saturated rings. The third-order valence-corrected chi connectivity index (χ3v) is 3.35. The van der Waals surface area contributed by atoms with Gasteiger partial charge in [-0.15, -0.1) is 0 Å². The Morgan fingerprint density at radius 3 is 1.50 bits per heavy atom. The van der Waals surface area contributed by atoms with Gasteiger partial charge < -0.3 is 4.55 Å². The SMILES string of the molecule is O=S(O)C(c1ccccc1)c1ccccc1. The molecule has 2 aromatic rings. The lowest BCUT2D eigenvalue weighted by Gasteiger charge is -2.13. The lowest BCUT2D eigenvalue weighted by Crippen LogP contribution is -2.07. The molecule has 0 heterocycles. The van der Waals surface area contributed by atoms with Crippen molar-refractivity contribution in [2.75, 3.05) is 0 Å². The van der Waals surface area contributed by atoms with E-state index in [1.807, 2.05) is 60.7 Å². The molecule has 2 rings (SSSR count). The normalized spacial score (nSPS) is 12.6. The zero-order chi connectivity index (χ0) is 11.4. The Hall–Kier alpha value is -1.45. The molecule has 0 spiro atoms. The summed E-state index contributed by atoms with van der Waals surface area (Å²) in [6, 6.07) is 18.7. The average molecular weight is 232 g/mol. The van der Waals surface area contributed by atoms with Crippen LogP contribution in [0.5, 0.6) is 0 Å². The van der Waals surface area contributed by atoms with E-state index in [1.54, 1.807) is 0 Å². The van der Waals surface area contributed by atoms with Gasteiger partial charge in [0.1, 0.15) is 5.25 Å². The van der Waals surface area contributed by atoms with E-state index in [0.29, 0.717) is 0 Å². The summed E-state index contributed by atoms with van der Waals surface area (Å²) in [5, 5.41) is -0.470. The Kier molecular flexibility index (Phi) is 3.49. The van der Waals surface area contributed by atoms with Crippen LogP contribution in [0.3, 0.4) is 0 Å². The fraction of sp³-hybridized carbons (Fsp3) is 0.0769. The lowest BCUT2D eigenvalue weighted by molar-refractivity contribution is 0.557. The Balaban J connectivity index is 2.44. The number of rotatable bonds is 3. The number of hydrogen-bond acceptors (Lipinski definition) is 1. The van der Waals surface area contributed by atoms with Gasteiger partial charge in [-0.3, -0.25) is 0 Å². The van der Waals surface area contributed by atoms with Crippen LogP contribution in [0, 0.1) is 0 Å². The molecular weight excluding hydrogens is 220 g/mol. The van der Waals surface area contributed by atoms with Crippen LogP contribution in [0.15, 0.2) is 60.7 Å². The molecule has 2 nitrogen and oxygen atoms in total. The Morgan fingerprint density at radius 2 is 1.19 bits per heavy atom. The lowest BCUT2D eigenvalue weighted by atomic mass is 10.0. The fourth-order valence-electron chi connectivity index (χ4n) is 1.68. The Bertz CT molecular complexity index is 428. The summed E-state index contributed by atoms with van der Waals surface area (Å²) in [4.78, 5) is 0. The summed E-state index contributed by atoms with van der Waals surface area (Å²) in [5.41, 5.74) is 1.71. The number of benzene rings is 2. The van der Waals surface area contributed by atoms with Crippen LogP contribution >= 0.6 is 0 Å². The zero-order valence-corrected chi connectivity index (χ0v) is 9.43. The van der Waals surface area contributed by atoms with E-state index in [-0.39, 0.29) is 0 Å². The van der Waals surface area contributed by atoms with Crippen molar-refractivity contribution in [3.05, 3.63) is 71.8 Å². The first-order valence-electron chi connectivity index (χ1n) is 4.98. The molecule has 0 saturated carbocycles. The Morgan fingerprint density at radius 1 is 0.812 bits per heavy atom. The van der Waals surface area contributed by atoms with Gasteiger partial charge in [-0.25, -0.2) is 4.21 Å². The first-order chi connectivity index (χ1) is 7.79. The van der Waals surface area contributed by atoms with Crippen LogP contribution < -0.4 is 0 Å². The van der Waals surface area contributed by atoms with Gasteiger partial charge >= 0.3 is 0 Å².